The molecule has 0 aliphatic rings. The van der Waals surface area contributed by atoms with Crippen molar-refractivity contribution in [3.05, 3.63) is 28.8 Å². The number of carbonyl (C=O) groups is 1. The van der Waals surface area contributed by atoms with Crippen LogP contribution in [0.2, 0.25) is 5.02 Å². The molecule has 11 heavy (non-hydrogen) atoms. The lowest BCUT2D eigenvalue weighted by Crippen LogP contribution is -1.99. The van der Waals surface area contributed by atoms with Crippen LogP contribution in [-0.2, 0) is 0 Å². The van der Waals surface area contributed by atoms with Crippen molar-refractivity contribution < 1.29 is 14.3 Å². The summed E-state index contributed by atoms with van der Waals surface area (Å²) in [4.78, 5) is 13.4. The van der Waals surface area contributed by atoms with Crippen LogP contribution < -0.4 is 0 Å². The van der Waals surface area contributed by atoms with E-state index in [9.17, 15) is 9.18 Å². The van der Waals surface area contributed by atoms with Crippen molar-refractivity contribution in [1.29, 1.82) is 0 Å². The third-order valence-corrected chi connectivity index (χ3v) is 1.36. The van der Waals surface area contributed by atoms with Crippen LogP contribution in [0.5, 0.6) is 0 Å². The first-order valence-electron chi connectivity index (χ1n) is 2.65. The molecule has 0 aliphatic carbocycles. The number of aromatic nitrogens is 1. The highest BCUT2D eigenvalue weighted by molar-refractivity contribution is 6.33. The topological polar surface area (TPSA) is 50.2 Å². The van der Waals surface area contributed by atoms with Gasteiger partial charge in [0.15, 0.2) is 0 Å². The lowest BCUT2D eigenvalue weighted by atomic mass is 10.3. The fourth-order valence-corrected chi connectivity index (χ4v) is 0.785. The van der Waals surface area contributed by atoms with Gasteiger partial charge in [-0.15, -0.1) is 0 Å². The van der Waals surface area contributed by atoms with Gasteiger partial charge in [-0.1, -0.05) is 11.6 Å². The van der Waals surface area contributed by atoms with Crippen LogP contribution in [0.4, 0.5) is 4.39 Å². The molecule has 0 saturated carbocycles. The molecule has 5 heteroatoms. The number of hydrogen-bond acceptors (Lipinski definition) is 2. The van der Waals surface area contributed by atoms with Crippen molar-refractivity contribution >= 4 is 17.6 Å². The highest BCUT2D eigenvalue weighted by Crippen LogP contribution is 2.14. The molecule has 1 aromatic heterocycles. The standard InChI is InChI=1S/C6H3ClFNO2/c7-4-1-5(8)9-2-3(4)6(10)11/h1-2H,(H,10,11). The number of carboxylic acids is 1. The molecule has 0 saturated heterocycles. The van der Waals surface area contributed by atoms with E-state index in [0.29, 0.717) is 0 Å². The molecule has 0 aromatic carbocycles. The molecule has 0 spiro atoms. The average molecular weight is 176 g/mol. The van der Waals surface area contributed by atoms with Gasteiger partial charge in [-0.3, -0.25) is 0 Å². The molecule has 1 heterocycles. The molecule has 1 N–H and O–H groups in total. The van der Waals surface area contributed by atoms with Crippen molar-refractivity contribution in [1.82, 2.24) is 4.98 Å². The molecule has 0 radical (unpaired) electrons. The molecule has 0 bridgehead atoms. The molecular formula is C6H3ClFNO2. The summed E-state index contributed by atoms with van der Waals surface area (Å²) >= 11 is 5.36. The van der Waals surface area contributed by atoms with E-state index in [1.807, 2.05) is 0 Å². The largest absolute Gasteiger partial charge is 0.478 e. The molecule has 1 rings (SSSR count). The summed E-state index contributed by atoms with van der Waals surface area (Å²) in [6, 6.07) is 0.852. The van der Waals surface area contributed by atoms with E-state index >= 15 is 0 Å². The lowest BCUT2D eigenvalue weighted by Gasteiger charge is -1.95. The maximum atomic E-state index is 12.2. The number of rotatable bonds is 1. The normalized spacial score (nSPS) is 9.64. The summed E-state index contributed by atoms with van der Waals surface area (Å²) in [5.74, 6) is -2.01. The Labute approximate surface area is 66.4 Å². The minimum absolute atomic E-state index is 0.148. The molecule has 0 amide bonds. The van der Waals surface area contributed by atoms with Crippen LogP contribution in [0.1, 0.15) is 10.4 Å². The van der Waals surface area contributed by atoms with Gasteiger partial charge in [0.25, 0.3) is 0 Å². The first-order valence-corrected chi connectivity index (χ1v) is 3.03. The van der Waals surface area contributed by atoms with Crippen LogP contribution in [-0.4, -0.2) is 16.1 Å². The fourth-order valence-electron chi connectivity index (χ4n) is 0.565. The van der Waals surface area contributed by atoms with Gasteiger partial charge in [-0.25, -0.2) is 9.78 Å². The van der Waals surface area contributed by atoms with Gasteiger partial charge in [0, 0.05) is 12.3 Å². The van der Waals surface area contributed by atoms with Crippen LogP contribution >= 0.6 is 11.6 Å². The summed E-state index contributed by atoms with van der Waals surface area (Å²) in [5.41, 5.74) is -0.201. The highest BCUT2D eigenvalue weighted by Gasteiger charge is 2.09. The Bertz CT molecular complexity index is 303. The van der Waals surface area contributed by atoms with E-state index in [2.05, 4.69) is 4.98 Å². The number of aromatic carboxylic acids is 1. The maximum Gasteiger partial charge on any atom is 0.338 e. The van der Waals surface area contributed by atoms with E-state index in [1.54, 1.807) is 0 Å². The Hall–Kier alpha value is -1.16. The van der Waals surface area contributed by atoms with Crippen molar-refractivity contribution in [2.45, 2.75) is 0 Å². The summed E-state index contributed by atoms with van der Waals surface area (Å²) < 4.78 is 12.2. The number of nitrogens with zero attached hydrogens (tertiary/aromatic N) is 1. The van der Waals surface area contributed by atoms with Crippen LogP contribution in [0, 0.1) is 5.95 Å². The Balaban J connectivity index is 3.20. The van der Waals surface area contributed by atoms with Crippen LogP contribution in [0.25, 0.3) is 0 Å². The summed E-state index contributed by atoms with van der Waals surface area (Å²) in [7, 11) is 0. The number of hydrogen-bond donors (Lipinski definition) is 1. The number of carboxylic acid groups (broad SMARTS) is 1. The van der Waals surface area contributed by atoms with Crippen molar-refractivity contribution in [3.63, 3.8) is 0 Å². The molecule has 0 atom stereocenters. The predicted molar refractivity (Wildman–Crippen MR) is 36.2 cm³/mol. The van der Waals surface area contributed by atoms with E-state index in [-0.39, 0.29) is 10.6 Å². The third-order valence-electron chi connectivity index (χ3n) is 1.05. The Morgan fingerprint density at radius 1 is 1.73 bits per heavy atom. The first-order chi connectivity index (χ1) is 5.11. The molecule has 58 valence electrons. The fraction of sp³-hybridized carbons (Fsp3) is 0. The average Bonchev–Trinajstić information content (AvgIpc) is 1.85. The van der Waals surface area contributed by atoms with Crippen molar-refractivity contribution in [2.75, 3.05) is 0 Å². The minimum Gasteiger partial charge on any atom is -0.478 e. The Morgan fingerprint density at radius 3 is 2.82 bits per heavy atom. The second kappa shape index (κ2) is 2.84. The predicted octanol–water partition coefficient (Wildman–Crippen LogP) is 1.57. The second-order valence-corrected chi connectivity index (χ2v) is 2.20. The zero-order valence-electron chi connectivity index (χ0n) is 5.21. The smallest absolute Gasteiger partial charge is 0.338 e. The third kappa shape index (κ3) is 1.65. The first kappa shape index (κ1) is 7.94. The lowest BCUT2D eigenvalue weighted by molar-refractivity contribution is 0.0696. The summed E-state index contributed by atoms with van der Waals surface area (Å²) in [5, 5.41) is 8.26. The number of halogens is 2. The summed E-state index contributed by atoms with van der Waals surface area (Å²) in [6.45, 7) is 0. The maximum absolute atomic E-state index is 12.2. The zero-order valence-corrected chi connectivity index (χ0v) is 5.97. The van der Waals surface area contributed by atoms with Crippen LogP contribution in [0.15, 0.2) is 12.3 Å². The van der Waals surface area contributed by atoms with Crippen LogP contribution in [0.3, 0.4) is 0 Å². The van der Waals surface area contributed by atoms with Gasteiger partial charge < -0.3 is 5.11 Å². The Morgan fingerprint density at radius 2 is 2.36 bits per heavy atom. The SMILES string of the molecule is O=C(O)c1cnc(F)cc1Cl. The molecule has 0 aliphatic heterocycles. The zero-order chi connectivity index (χ0) is 8.43. The number of pyridine rings is 1. The van der Waals surface area contributed by atoms with E-state index in [4.69, 9.17) is 16.7 Å². The van der Waals surface area contributed by atoms with Crippen molar-refractivity contribution in [3.8, 4) is 0 Å². The van der Waals surface area contributed by atoms with Gasteiger partial charge in [-0.2, -0.15) is 4.39 Å². The second-order valence-electron chi connectivity index (χ2n) is 1.79. The van der Waals surface area contributed by atoms with Gasteiger partial charge in [0.1, 0.15) is 0 Å². The van der Waals surface area contributed by atoms with E-state index in [1.165, 1.54) is 0 Å². The van der Waals surface area contributed by atoms with E-state index < -0.39 is 11.9 Å². The molecule has 0 fully saturated rings. The van der Waals surface area contributed by atoms with Gasteiger partial charge in [0.2, 0.25) is 5.95 Å². The van der Waals surface area contributed by atoms with Gasteiger partial charge >= 0.3 is 5.97 Å². The van der Waals surface area contributed by atoms with Gasteiger partial charge in [0.05, 0.1) is 10.6 Å². The summed E-state index contributed by atoms with van der Waals surface area (Å²) in [6.07, 6.45) is 0.875. The molecule has 0 unspecified atom stereocenters. The Kier molecular flexibility index (Phi) is 2.05. The minimum atomic E-state index is -1.22. The molecule has 1 aromatic rings. The quantitative estimate of drug-likeness (QED) is 0.660. The van der Waals surface area contributed by atoms with Gasteiger partial charge in [-0.05, 0) is 0 Å². The molecule has 3 nitrogen and oxygen atoms in total. The van der Waals surface area contributed by atoms with E-state index in [0.717, 1.165) is 12.3 Å². The monoisotopic (exact) mass is 175 g/mol. The van der Waals surface area contributed by atoms with Crippen molar-refractivity contribution in [2.24, 2.45) is 0 Å². The molecular weight excluding hydrogens is 173 g/mol. The highest BCUT2D eigenvalue weighted by atomic mass is 35.5.